The average molecular weight is 176 g/mol. The van der Waals surface area contributed by atoms with Gasteiger partial charge in [-0.2, -0.15) is 10.2 Å². The highest BCUT2D eigenvalue weighted by molar-refractivity contribution is 5.73. The van der Waals surface area contributed by atoms with E-state index in [4.69, 9.17) is 0 Å². The van der Waals surface area contributed by atoms with Crippen LogP contribution in [0.3, 0.4) is 0 Å². The molecule has 0 saturated heterocycles. The number of nitrogens with zero attached hydrogens (tertiary/aromatic N) is 3. The zero-order chi connectivity index (χ0) is 9.10. The van der Waals surface area contributed by atoms with Gasteiger partial charge >= 0.3 is 0 Å². The van der Waals surface area contributed by atoms with Crippen LogP contribution >= 0.6 is 0 Å². The summed E-state index contributed by atoms with van der Waals surface area (Å²) in [4.78, 5) is 10.4. The van der Waals surface area contributed by atoms with Crippen LogP contribution in [0.2, 0.25) is 0 Å². The Morgan fingerprint density at radius 2 is 2.46 bits per heavy atom. The first-order chi connectivity index (χ1) is 6.38. The SMILES string of the molecule is O=Cc1cnn(Cc2cn[nH]c2)c1. The van der Waals surface area contributed by atoms with Crippen molar-refractivity contribution in [3.63, 3.8) is 0 Å². The quantitative estimate of drug-likeness (QED) is 0.691. The number of carbonyl (C=O) groups is 1. The number of nitrogens with one attached hydrogen (secondary N) is 1. The molecule has 0 spiro atoms. The average Bonchev–Trinajstić information content (AvgIpc) is 2.76. The number of H-pyrrole nitrogens is 1. The molecule has 0 aliphatic heterocycles. The van der Waals surface area contributed by atoms with E-state index in [2.05, 4.69) is 15.3 Å². The lowest BCUT2D eigenvalue weighted by atomic mass is 10.3. The Bertz CT molecular complexity index is 390. The van der Waals surface area contributed by atoms with Gasteiger partial charge < -0.3 is 0 Å². The van der Waals surface area contributed by atoms with Crippen LogP contribution in [0.1, 0.15) is 15.9 Å². The van der Waals surface area contributed by atoms with Crippen LogP contribution in [0.15, 0.2) is 24.8 Å². The van der Waals surface area contributed by atoms with Crippen molar-refractivity contribution >= 4 is 6.29 Å². The maximum absolute atomic E-state index is 10.4. The Hall–Kier alpha value is -1.91. The molecule has 0 aliphatic rings. The fourth-order valence-electron chi connectivity index (χ4n) is 1.08. The predicted molar refractivity (Wildman–Crippen MR) is 45.3 cm³/mol. The molecule has 0 fully saturated rings. The summed E-state index contributed by atoms with van der Waals surface area (Å²) in [5, 5.41) is 10.5. The number of rotatable bonds is 3. The van der Waals surface area contributed by atoms with E-state index in [0.29, 0.717) is 12.1 Å². The molecule has 66 valence electrons. The second kappa shape index (κ2) is 3.22. The molecule has 5 nitrogen and oxygen atoms in total. The summed E-state index contributed by atoms with van der Waals surface area (Å²) in [5.74, 6) is 0. The minimum atomic E-state index is 0.587. The van der Waals surface area contributed by atoms with E-state index in [1.165, 1.54) is 6.20 Å². The second-order valence-electron chi connectivity index (χ2n) is 2.70. The summed E-state index contributed by atoms with van der Waals surface area (Å²) in [6, 6.07) is 0. The van der Waals surface area contributed by atoms with Gasteiger partial charge in [0.25, 0.3) is 0 Å². The van der Waals surface area contributed by atoms with Crippen molar-refractivity contribution < 1.29 is 4.79 Å². The van der Waals surface area contributed by atoms with E-state index in [0.717, 1.165) is 11.8 Å². The van der Waals surface area contributed by atoms with Crippen LogP contribution in [0.5, 0.6) is 0 Å². The van der Waals surface area contributed by atoms with E-state index < -0.39 is 0 Å². The van der Waals surface area contributed by atoms with E-state index in [1.807, 2.05) is 0 Å². The normalized spacial score (nSPS) is 10.2. The minimum absolute atomic E-state index is 0.587. The van der Waals surface area contributed by atoms with Gasteiger partial charge in [0, 0.05) is 18.0 Å². The third-order valence-corrected chi connectivity index (χ3v) is 1.69. The largest absolute Gasteiger partial charge is 0.298 e. The van der Waals surface area contributed by atoms with E-state index in [-0.39, 0.29) is 0 Å². The van der Waals surface area contributed by atoms with Crippen LogP contribution in [0, 0.1) is 0 Å². The topological polar surface area (TPSA) is 63.6 Å². The molecule has 0 bridgehead atoms. The monoisotopic (exact) mass is 176 g/mol. The number of hydrogen-bond acceptors (Lipinski definition) is 3. The molecule has 0 aliphatic carbocycles. The molecular weight excluding hydrogens is 168 g/mol. The third kappa shape index (κ3) is 1.64. The highest BCUT2D eigenvalue weighted by Crippen LogP contribution is 1.99. The van der Waals surface area contributed by atoms with Crippen LogP contribution in [-0.2, 0) is 6.54 Å². The Balaban J connectivity index is 2.14. The third-order valence-electron chi connectivity index (χ3n) is 1.69. The predicted octanol–water partition coefficient (Wildman–Crippen LogP) is 0.467. The van der Waals surface area contributed by atoms with Crippen LogP contribution < -0.4 is 0 Å². The van der Waals surface area contributed by atoms with Gasteiger partial charge in [0.2, 0.25) is 0 Å². The first-order valence-corrected chi connectivity index (χ1v) is 3.84. The van der Waals surface area contributed by atoms with Crippen molar-refractivity contribution in [2.45, 2.75) is 6.54 Å². The fraction of sp³-hybridized carbons (Fsp3) is 0.125. The van der Waals surface area contributed by atoms with Crippen molar-refractivity contribution in [1.82, 2.24) is 20.0 Å². The van der Waals surface area contributed by atoms with Gasteiger partial charge in [0.1, 0.15) is 0 Å². The molecule has 0 saturated carbocycles. The molecule has 0 unspecified atom stereocenters. The maximum atomic E-state index is 10.4. The molecule has 2 aromatic rings. The van der Waals surface area contributed by atoms with Crippen molar-refractivity contribution in [3.8, 4) is 0 Å². The zero-order valence-electron chi connectivity index (χ0n) is 6.84. The molecule has 5 heteroatoms. The molecule has 0 amide bonds. The van der Waals surface area contributed by atoms with Gasteiger partial charge in [-0.15, -0.1) is 0 Å². The van der Waals surface area contributed by atoms with E-state index in [9.17, 15) is 4.79 Å². The number of aromatic amines is 1. The van der Waals surface area contributed by atoms with Crippen LogP contribution in [0.25, 0.3) is 0 Å². The zero-order valence-corrected chi connectivity index (χ0v) is 6.84. The highest BCUT2D eigenvalue weighted by atomic mass is 16.1. The van der Waals surface area contributed by atoms with Crippen molar-refractivity contribution in [1.29, 1.82) is 0 Å². The first kappa shape index (κ1) is 7.72. The van der Waals surface area contributed by atoms with Crippen molar-refractivity contribution in [2.24, 2.45) is 0 Å². The van der Waals surface area contributed by atoms with Gasteiger partial charge in [-0.25, -0.2) is 0 Å². The summed E-state index contributed by atoms with van der Waals surface area (Å²) < 4.78 is 1.69. The Morgan fingerprint density at radius 1 is 1.54 bits per heavy atom. The van der Waals surface area contributed by atoms with E-state index in [1.54, 1.807) is 23.3 Å². The Kier molecular flexibility index (Phi) is 1.91. The lowest BCUT2D eigenvalue weighted by Crippen LogP contribution is -1.98. The number of aromatic nitrogens is 4. The summed E-state index contributed by atoms with van der Waals surface area (Å²) in [7, 11) is 0. The highest BCUT2D eigenvalue weighted by Gasteiger charge is 1.98. The summed E-state index contributed by atoms with van der Waals surface area (Å²) in [6.45, 7) is 0.629. The number of hydrogen-bond donors (Lipinski definition) is 1. The molecule has 0 aromatic carbocycles. The maximum Gasteiger partial charge on any atom is 0.153 e. The summed E-state index contributed by atoms with van der Waals surface area (Å²) >= 11 is 0. The molecule has 2 aromatic heterocycles. The standard InChI is InChI=1S/C8H8N4O/c13-6-8-3-11-12(5-8)4-7-1-9-10-2-7/h1-3,5-6H,4H2,(H,9,10). The fourth-order valence-corrected chi connectivity index (χ4v) is 1.08. The van der Waals surface area contributed by atoms with Crippen molar-refractivity contribution in [2.75, 3.05) is 0 Å². The Labute approximate surface area is 74.4 Å². The molecular formula is C8H8N4O. The van der Waals surface area contributed by atoms with E-state index >= 15 is 0 Å². The molecule has 0 atom stereocenters. The van der Waals surface area contributed by atoms with Gasteiger partial charge in [-0.3, -0.25) is 14.6 Å². The molecule has 2 rings (SSSR count). The Morgan fingerprint density at radius 3 is 3.08 bits per heavy atom. The first-order valence-electron chi connectivity index (χ1n) is 3.84. The second-order valence-corrected chi connectivity index (χ2v) is 2.70. The molecule has 0 radical (unpaired) electrons. The lowest BCUT2D eigenvalue weighted by molar-refractivity contribution is 0.112. The van der Waals surface area contributed by atoms with Crippen molar-refractivity contribution in [3.05, 3.63) is 35.9 Å². The van der Waals surface area contributed by atoms with Gasteiger partial charge in [-0.1, -0.05) is 0 Å². The molecule has 2 heterocycles. The summed E-state index contributed by atoms with van der Waals surface area (Å²) in [6.07, 6.45) is 7.52. The van der Waals surface area contributed by atoms with Gasteiger partial charge in [0.15, 0.2) is 6.29 Å². The van der Waals surface area contributed by atoms with Gasteiger partial charge in [-0.05, 0) is 0 Å². The lowest BCUT2D eigenvalue weighted by Gasteiger charge is -1.95. The van der Waals surface area contributed by atoms with Gasteiger partial charge in [0.05, 0.1) is 24.5 Å². The summed E-state index contributed by atoms with van der Waals surface area (Å²) in [5.41, 5.74) is 1.61. The molecule has 1 N–H and O–H groups in total. The minimum Gasteiger partial charge on any atom is -0.298 e. The number of carbonyl (C=O) groups excluding carboxylic acids is 1. The smallest absolute Gasteiger partial charge is 0.153 e. The van der Waals surface area contributed by atoms with Crippen LogP contribution in [-0.4, -0.2) is 26.3 Å². The number of aldehydes is 1. The molecule has 13 heavy (non-hydrogen) atoms. The van der Waals surface area contributed by atoms with Crippen LogP contribution in [0.4, 0.5) is 0 Å².